The molecule has 127 heavy (non-hydrogen) atoms. The average Bonchev–Trinajstić information content (AvgIpc) is 1.61. The Bertz CT molecular complexity index is 4110. The van der Waals surface area contributed by atoms with E-state index in [0.717, 1.165) is 27.2 Å². The highest BCUT2D eigenvalue weighted by atomic mass is 32.2. The molecule has 35 heteroatoms. The summed E-state index contributed by atoms with van der Waals surface area (Å²) in [5, 5.41) is 40.3. The maximum atomic E-state index is 15.7. The molecule has 3 aromatic rings. The van der Waals surface area contributed by atoms with E-state index in [-0.39, 0.29) is 141 Å². The van der Waals surface area contributed by atoms with E-state index < -0.39 is 119 Å². The molecule has 5 heterocycles. The molecule has 8 rings (SSSR count). The maximum absolute atomic E-state index is 15.7. The zero-order valence-corrected chi connectivity index (χ0v) is 76.4. The Kier molecular flexibility index (Phi) is 45.8. The van der Waals surface area contributed by atoms with Gasteiger partial charge in [-0.25, -0.2) is 14.2 Å². The molecule has 706 valence electrons. The second-order valence-corrected chi connectivity index (χ2v) is 34.7. The van der Waals surface area contributed by atoms with Crippen LogP contribution in [0.15, 0.2) is 101 Å². The topological polar surface area (TPSA) is 428 Å². The number of aliphatic hydroxyl groups excluding tert-OH is 2. The minimum absolute atomic E-state index is 0.0130. The number of fused-ring (bicyclic) bond motifs is 4. The lowest BCUT2D eigenvalue weighted by atomic mass is 9.80. The van der Waals surface area contributed by atoms with Crippen molar-refractivity contribution in [3.05, 3.63) is 119 Å². The van der Waals surface area contributed by atoms with Crippen LogP contribution in [0.25, 0.3) is 11.1 Å². The minimum atomic E-state index is -2.46. The first-order chi connectivity index (χ1) is 61.1. The van der Waals surface area contributed by atoms with Crippen molar-refractivity contribution in [3.8, 4) is 16.9 Å². The van der Waals surface area contributed by atoms with Gasteiger partial charge < -0.3 is 118 Å². The highest BCUT2D eigenvalue weighted by molar-refractivity contribution is 7.91. The quantitative estimate of drug-likeness (QED) is 0.00728. The standard InChI is InChI=1S/C92H134FN7O25S2/c1-60-15-10-9-11-16-61(2)77(112-7)56-70-17-14-28-92(110,125-70)87(106)89(108)100-31-13-12-18-73(100)90(109)123-78(57-74(101)62(3)52-64(5)85(104)86(105)84(103)63(4)51-60)72(94)53-66-19-23-76(79(54-66)113-8)124-91(126)97-29-34-115-37-39-117-41-43-119-45-47-121-49-48-120-46-44-118-42-40-116-38-36-114-33-27-82(102)96-30-50-127(111)80-25-22-71(65(6)83(80)93)88(107)99-32-35-122-75-24-20-67(55-69(75)59-99)68-21-26-81(95)98-58-68/h9-11,15-16,20-22,24-26,52,55,58,60,62-63,66,70,72-73,76-79,85-86,104-105,110H,12-14,17-19,23,27-51,53-54,56-57,59,94H2,1-8H3,(H2,95,98)(H,96,102)(H,97,126)/b11-9+,15-10+,61-16+,64-52+/t60-,62-,63-,66+,70+,72-,73+,76-,77+,78+,79-,85-,86+,92-,127?/m1/s1. The maximum Gasteiger partial charge on any atom is 0.329 e. The van der Waals surface area contributed by atoms with Crippen molar-refractivity contribution in [2.24, 2.45) is 29.4 Å². The number of aliphatic hydroxyl groups is 3. The number of nitrogens with two attached hydrogens (primary N) is 2. The third-order valence-electron chi connectivity index (χ3n) is 23.2. The lowest BCUT2D eigenvalue weighted by Crippen LogP contribution is -2.58. The molecule has 15 atom stereocenters. The number of amides is 3. The summed E-state index contributed by atoms with van der Waals surface area (Å²) < 4.78 is 110. The molecule has 1 unspecified atom stereocenters. The Balaban J connectivity index is 0.633. The van der Waals surface area contributed by atoms with Gasteiger partial charge in [-0.05, 0) is 173 Å². The average molecular weight is 1820 g/mol. The van der Waals surface area contributed by atoms with Gasteiger partial charge in [-0.3, -0.25) is 28.8 Å². The summed E-state index contributed by atoms with van der Waals surface area (Å²) in [4.78, 5) is 104. The Labute approximate surface area is 753 Å². The summed E-state index contributed by atoms with van der Waals surface area (Å²) >= 11 is 3.78. The summed E-state index contributed by atoms with van der Waals surface area (Å²) in [6, 6.07) is 9.94. The number of halogens is 1. The van der Waals surface area contributed by atoms with Crippen molar-refractivity contribution in [2.45, 2.75) is 203 Å². The number of nitrogen functional groups attached to an aromatic ring is 1. The van der Waals surface area contributed by atoms with Gasteiger partial charge in [0.15, 0.2) is 16.5 Å². The normalized spacial score (nSPS) is 26.5. The second-order valence-electron chi connectivity index (χ2n) is 32.8. The molecule has 4 aliphatic heterocycles. The van der Waals surface area contributed by atoms with Crippen LogP contribution in [0.2, 0.25) is 0 Å². The fourth-order valence-electron chi connectivity index (χ4n) is 15.9. The fraction of sp³-hybridized carbons (Fsp3) is 0.641. The van der Waals surface area contributed by atoms with Crippen LogP contribution < -0.4 is 26.8 Å². The van der Waals surface area contributed by atoms with Crippen LogP contribution in [-0.4, -0.2) is 300 Å². The number of allylic oxidation sites excluding steroid dienone is 6. The van der Waals surface area contributed by atoms with Crippen LogP contribution in [0.4, 0.5) is 10.2 Å². The van der Waals surface area contributed by atoms with Crippen LogP contribution in [-0.2, 0) is 108 Å². The number of esters is 1. The van der Waals surface area contributed by atoms with Gasteiger partial charge in [-0.15, -0.1) is 0 Å². The van der Waals surface area contributed by atoms with Crippen LogP contribution >= 0.6 is 12.2 Å². The Morgan fingerprint density at radius 1 is 0.732 bits per heavy atom. The zero-order valence-electron chi connectivity index (χ0n) is 74.8. The van der Waals surface area contributed by atoms with Crippen molar-refractivity contribution < 1.29 is 124 Å². The van der Waals surface area contributed by atoms with E-state index in [9.17, 15) is 53.4 Å². The Morgan fingerprint density at radius 2 is 1.39 bits per heavy atom. The predicted molar refractivity (Wildman–Crippen MR) is 475 cm³/mol. The molecule has 2 aromatic carbocycles. The number of carbonyl (C=O) groups excluding carboxylic acids is 7. The number of aromatic nitrogens is 1. The first kappa shape index (κ1) is 105. The molecule has 0 radical (unpaired) electrons. The number of carbonyl (C=O) groups is 7. The van der Waals surface area contributed by atoms with Gasteiger partial charge in [-0.2, -0.15) is 0 Å². The van der Waals surface area contributed by atoms with E-state index in [4.69, 9.17) is 90.0 Å². The molecule has 2 bridgehead atoms. The van der Waals surface area contributed by atoms with Gasteiger partial charge in [0.05, 0.1) is 137 Å². The number of piperidine rings is 1. The molecule has 9 N–H and O–H groups in total. The third kappa shape index (κ3) is 34.2. The molecule has 3 fully saturated rings. The molecular weight excluding hydrogens is 1690 g/mol. The number of nitrogens with zero attached hydrogens (tertiary/aromatic N) is 3. The Morgan fingerprint density at radius 3 is 2.03 bits per heavy atom. The molecule has 2 saturated heterocycles. The summed E-state index contributed by atoms with van der Waals surface area (Å²) in [6.45, 7) is 16.8. The van der Waals surface area contributed by atoms with Gasteiger partial charge in [0.2, 0.25) is 11.7 Å². The van der Waals surface area contributed by atoms with Crippen LogP contribution in [0.3, 0.4) is 0 Å². The van der Waals surface area contributed by atoms with Gasteiger partial charge >= 0.3 is 5.97 Å². The number of anilines is 1. The van der Waals surface area contributed by atoms with Crippen molar-refractivity contribution in [2.75, 3.05) is 164 Å². The number of ketones is 3. The molecule has 1 saturated carbocycles. The molecule has 0 spiro atoms. The van der Waals surface area contributed by atoms with E-state index in [2.05, 4.69) is 15.6 Å². The minimum Gasteiger partial charge on any atom is -0.611 e. The van der Waals surface area contributed by atoms with E-state index in [1.54, 1.807) is 45.2 Å². The summed E-state index contributed by atoms with van der Waals surface area (Å²) in [5.74, 6) is -8.72. The monoisotopic (exact) mass is 1820 g/mol. The predicted octanol–water partition coefficient (Wildman–Crippen LogP) is 7.44. The first-order valence-electron chi connectivity index (χ1n) is 44.3. The lowest BCUT2D eigenvalue weighted by molar-refractivity contribution is -0.245. The van der Waals surface area contributed by atoms with E-state index in [1.807, 2.05) is 68.5 Å². The molecule has 1 aliphatic carbocycles. The second kappa shape index (κ2) is 55.5. The number of hydrogen-bond acceptors (Lipinski definition) is 29. The Hall–Kier alpha value is -7.63. The number of hydrogen-bond donors (Lipinski definition) is 7. The molecular formula is C92H134FN7O25S2. The number of nitrogens with one attached hydrogen (secondary N) is 2. The van der Waals surface area contributed by atoms with Gasteiger partial charge in [0, 0.05) is 106 Å². The van der Waals surface area contributed by atoms with E-state index >= 15 is 4.39 Å². The third-order valence-corrected chi connectivity index (χ3v) is 24.8. The largest absolute Gasteiger partial charge is 0.611 e. The number of rotatable bonds is 39. The van der Waals surface area contributed by atoms with Crippen LogP contribution in [0, 0.1) is 36.4 Å². The number of cyclic esters (lactones) is 1. The zero-order chi connectivity index (χ0) is 91.8. The van der Waals surface area contributed by atoms with Crippen molar-refractivity contribution in [3.63, 3.8) is 0 Å². The SMILES string of the molecule is CO[C@H]1C[C@@H]2CCC[C@@](O)(O2)C(=O)C(=O)N2CCCC[C@H]2C(=O)O[C@H]([C@H](N)C[C@@H]2CC[C@@H](OC(=S)NCCOCCOCCOCCOCCOCCOCCOCCOCCC(=O)NCC[S+]([O-])c3ccc(C(=O)N4CCOc5ccc(-c6ccc(N)nc6)cc5C4)c(C)c3F)[C@H](OC)C2)CC(=O)[C@H](C)/C=C(\C)[C@@H](O)[C@@H](O)C(=O)[C@H](C)C[C@H](C)/C=C/C=C/C=C/1C. The summed E-state index contributed by atoms with van der Waals surface area (Å²) in [5.41, 5.74) is 16.6. The molecule has 32 nitrogen and oxygen atoms in total. The van der Waals surface area contributed by atoms with Crippen LogP contribution in [0.5, 0.6) is 5.75 Å². The van der Waals surface area contributed by atoms with Crippen LogP contribution in [0.1, 0.15) is 146 Å². The first-order valence-corrected chi connectivity index (χ1v) is 46.0. The van der Waals surface area contributed by atoms with Gasteiger partial charge in [0.1, 0.15) is 60.2 Å². The number of Topliss-reactive ketones (excluding diaryl/α,β-unsaturated/α-hetero) is 3. The van der Waals surface area contributed by atoms with E-state index in [1.165, 1.54) is 32.1 Å². The smallest absolute Gasteiger partial charge is 0.329 e. The van der Waals surface area contributed by atoms with Crippen molar-refractivity contribution in [1.29, 1.82) is 0 Å². The van der Waals surface area contributed by atoms with Gasteiger partial charge in [0.25, 0.3) is 22.8 Å². The number of thiocarbonyl (C=S) groups is 1. The molecule has 3 amide bonds. The highest BCUT2D eigenvalue weighted by Gasteiger charge is 2.50. The van der Waals surface area contributed by atoms with Gasteiger partial charge in [-0.1, -0.05) is 63.3 Å². The lowest BCUT2D eigenvalue weighted by Gasteiger charge is -2.40. The summed E-state index contributed by atoms with van der Waals surface area (Å²) in [6.07, 6.45) is 9.93. The highest BCUT2D eigenvalue weighted by Crippen LogP contribution is 2.37. The number of benzene rings is 2. The number of pyridine rings is 1. The number of methoxy groups -OCH3 is 2. The van der Waals surface area contributed by atoms with Crippen molar-refractivity contribution in [1.82, 2.24) is 25.4 Å². The molecule has 1 aromatic heterocycles. The summed E-state index contributed by atoms with van der Waals surface area (Å²) in [7, 11) is 3.12. The van der Waals surface area contributed by atoms with E-state index in [0.29, 0.717) is 162 Å². The van der Waals surface area contributed by atoms with Crippen molar-refractivity contribution >= 4 is 75.4 Å². The molecule has 5 aliphatic rings. The number of ether oxygens (including phenoxy) is 14. The fourth-order valence-corrected chi connectivity index (χ4v) is 17.2.